The third kappa shape index (κ3) is 5.06. The molecular formula is C20H16Cl2F3N3O2. The van der Waals surface area contributed by atoms with Gasteiger partial charge in [0.25, 0.3) is 5.56 Å². The Hall–Kier alpha value is -2.71. The Bertz CT molecular complexity index is 1150. The average molecular weight is 458 g/mol. The summed E-state index contributed by atoms with van der Waals surface area (Å²) in [4.78, 5) is 15.9. The van der Waals surface area contributed by atoms with Crippen molar-refractivity contribution in [1.82, 2.24) is 9.55 Å². The highest BCUT2D eigenvalue weighted by atomic mass is 35.5. The minimum atomic E-state index is -2.94. The number of rotatable bonds is 6. The maximum atomic E-state index is 13.4. The number of alkyl halides is 2. The molecule has 10 heteroatoms. The quantitative estimate of drug-likeness (QED) is 0.515. The molecule has 0 atom stereocenters. The molecule has 3 aromatic rings. The fourth-order valence-corrected chi connectivity index (χ4v) is 3.15. The van der Waals surface area contributed by atoms with Crippen molar-refractivity contribution in [3.05, 3.63) is 79.4 Å². The van der Waals surface area contributed by atoms with Gasteiger partial charge >= 0.3 is 6.61 Å². The second-order valence-corrected chi connectivity index (χ2v) is 7.34. The van der Waals surface area contributed by atoms with E-state index < -0.39 is 18.0 Å². The zero-order chi connectivity index (χ0) is 22.0. The summed E-state index contributed by atoms with van der Waals surface area (Å²) in [5.41, 5.74) is 1.61. The van der Waals surface area contributed by atoms with Crippen molar-refractivity contribution in [3.63, 3.8) is 0 Å². The number of anilines is 2. The van der Waals surface area contributed by atoms with Gasteiger partial charge in [0.15, 0.2) is 0 Å². The van der Waals surface area contributed by atoms with Crippen molar-refractivity contribution >= 4 is 34.8 Å². The molecule has 1 heterocycles. The van der Waals surface area contributed by atoms with E-state index in [1.165, 1.54) is 24.4 Å². The molecule has 0 aliphatic heterocycles. The molecule has 0 bridgehead atoms. The Morgan fingerprint density at radius 3 is 2.53 bits per heavy atom. The summed E-state index contributed by atoms with van der Waals surface area (Å²) in [6.45, 7) is 0.566. The Balaban J connectivity index is 1.98. The average Bonchev–Trinajstić information content (AvgIpc) is 2.66. The molecule has 0 saturated carbocycles. The molecule has 2 aromatic carbocycles. The normalized spacial score (nSPS) is 11.1. The maximum absolute atomic E-state index is 13.4. The monoisotopic (exact) mass is 457 g/mol. The first kappa shape index (κ1) is 22.0. The summed E-state index contributed by atoms with van der Waals surface area (Å²) >= 11 is 11.8. The fraction of sp³-hybridized carbons (Fsp3) is 0.200. The first-order valence-electron chi connectivity index (χ1n) is 8.68. The van der Waals surface area contributed by atoms with Crippen molar-refractivity contribution in [2.24, 2.45) is 0 Å². The van der Waals surface area contributed by atoms with Gasteiger partial charge in [0.2, 0.25) is 5.95 Å². The summed E-state index contributed by atoms with van der Waals surface area (Å²) in [5.74, 6) is -0.336. The molecule has 5 nitrogen and oxygen atoms in total. The minimum absolute atomic E-state index is 0.0387. The van der Waals surface area contributed by atoms with Crippen molar-refractivity contribution < 1.29 is 17.9 Å². The Morgan fingerprint density at radius 2 is 1.87 bits per heavy atom. The van der Waals surface area contributed by atoms with E-state index in [0.717, 1.165) is 0 Å². The van der Waals surface area contributed by atoms with Gasteiger partial charge < -0.3 is 14.6 Å². The number of benzene rings is 2. The Labute approximate surface area is 180 Å². The number of ether oxygens (including phenoxy) is 1. The van der Waals surface area contributed by atoms with Gasteiger partial charge in [-0.05, 0) is 54.8 Å². The van der Waals surface area contributed by atoms with Crippen molar-refractivity contribution in [3.8, 4) is 5.75 Å². The van der Waals surface area contributed by atoms with E-state index >= 15 is 0 Å². The van der Waals surface area contributed by atoms with Crippen LogP contribution in [0.2, 0.25) is 10.0 Å². The van der Waals surface area contributed by atoms with Crippen LogP contribution in [0.5, 0.6) is 5.75 Å². The summed E-state index contributed by atoms with van der Waals surface area (Å²) in [6.07, 6.45) is 1.40. The van der Waals surface area contributed by atoms with Crippen LogP contribution in [0.15, 0.2) is 41.3 Å². The molecule has 3 rings (SSSR count). The summed E-state index contributed by atoms with van der Waals surface area (Å²) in [6, 6.07) is 7.30. The fourth-order valence-electron chi connectivity index (χ4n) is 2.79. The van der Waals surface area contributed by atoms with Gasteiger partial charge in [-0.25, -0.2) is 4.39 Å². The number of hydrogen-bond acceptors (Lipinski definition) is 4. The van der Waals surface area contributed by atoms with Crippen LogP contribution in [0.4, 0.5) is 24.8 Å². The second-order valence-electron chi connectivity index (χ2n) is 6.53. The number of aryl methyl sites for hydroxylation is 2. The largest absolute Gasteiger partial charge is 0.435 e. The highest BCUT2D eigenvalue weighted by Crippen LogP contribution is 2.29. The third-order valence-corrected chi connectivity index (χ3v) is 4.82. The van der Waals surface area contributed by atoms with E-state index in [9.17, 15) is 18.0 Å². The molecule has 0 unspecified atom stereocenters. The van der Waals surface area contributed by atoms with Crippen LogP contribution >= 0.6 is 23.2 Å². The lowest BCUT2D eigenvalue weighted by Crippen LogP contribution is -2.18. The molecule has 0 amide bonds. The molecule has 0 aliphatic rings. The Morgan fingerprint density at radius 1 is 1.13 bits per heavy atom. The molecule has 0 fully saturated rings. The molecule has 30 heavy (non-hydrogen) atoms. The second kappa shape index (κ2) is 8.97. The first-order chi connectivity index (χ1) is 14.1. The van der Waals surface area contributed by atoms with E-state index in [1.807, 2.05) is 0 Å². The van der Waals surface area contributed by atoms with E-state index in [-0.39, 0.29) is 28.3 Å². The first-order valence-corrected chi connectivity index (χ1v) is 9.43. The lowest BCUT2D eigenvalue weighted by molar-refractivity contribution is -0.0503. The topological polar surface area (TPSA) is 56.1 Å². The summed E-state index contributed by atoms with van der Waals surface area (Å²) < 4.78 is 44.6. The van der Waals surface area contributed by atoms with Crippen molar-refractivity contribution in [1.29, 1.82) is 0 Å². The van der Waals surface area contributed by atoms with E-state index in [1.54, 1.807) is 30.5 Å². The van der Waals surface area contributed by atoms with Crippen LogP contribution in [0.3, 0.4) is 0 Å². The third-order valence-electron chi connectivity index (χ3n) is 4.27. The van der Waals surface area contributed by atoms with Gasteiger partial charge in [-0.3, -0.25) is 4.79 Å². The number of aromatic nitrogens is 2. The molecule has 0 spiro atoms. The van der Waals surface area contributed by atoms with Gasteiger partial charge in [-0.2, -0.15) is 13.8 Å². The molecule has 158 valence electrons. The highest BCUT2D eigenvalue weighted by molar-refractivity contribution is 6.30. The van der Waals surface area contributed by atoms with Gasteiger partial charge in [0.05, 0.1) is 11.6 Å². The van der Waals surface area contributed by atoms with E-state index in [2.05, 4.69) is 15.0 Å². The summed E-state index contributed by atoms with van der Waals surface area (Å²) in [7, 11) is 0. The summed E-state index contributed by atoms with van der Waals surface area (Å²) in [5, 5.41) is 2.89. The van der Waals surface area contributed by atoms with Gasteiger partial charge in [-0.15, -0.1) is 0 Å². The van der Waals surface area contributed by atoms with Crippen LogP contribution in [-0.4, -0.2) is 16.2 Å². The number of hydrogen-bond donors (Lipinski definition) is 1. The van der Waals surface area contributed by atoms with E-state index in [4.69, 9.17) is 23.2 Å². The molecule has 0 saturated heterocycles. The van der Waals surface area contributed by atoms with Gasteiger partial charge in [0, 0.05) is 11.9 Å². The SMILES string of the molecule is Cc1cc(OC(F)F)c(C)cc1Nc1nc(=O)c(Cl)cn1Cc1ccc(F)c(Cl)c1. The predicted molar refractivity (Wildman–Crippen MR) is 110 cm³/mol. The molecule has 0 radical (unpaired) electrons. The zero-order valence-electron chi connectivity index (χ0n) is 15.8. The van der Waals surface area contributed by atoms with Crippen LogP contribution in [-0.2, 0) is 6.54 Å². The van der Waals surface area contributed by atoms with Crippen molar-refractivity contribution in [2.75, 3.05) is 5.32 Å². The molecule has 1 N–H and O–H groups in total. The minimum Gasteiger partial charge on any atom is -0.435 e. The van der Waals surface area contributed by atoms with Gasteiger partial charge in [0.1, 0.15) is 16.6 Å². The standard InChI is InChI=1S/C20H16Cl2F3N3O2/c1-10-6-17(30-19(24)25)11(2)5-16(10)26-20-27-18(29)14(22)9-28(20)8-12-3-4-15(23)13(21)7-12/h3-7,9,19H,8H2,1-2H3,(H,26,27,29). The predicted octanol–water partition coefficient (Wildman–Crippen LogP) is 5.70. The van der Waals surface area contributed by atoms with Crippen LogP contribution < -0.4 is 15.6 Å². The number of nitrogens with one attached hydrogen (secondary N) is 1. The lowest BCUT2D eigenvalue weighted by Gasteiger charge is -2.17. The maximum Gasteiger partial charge on any atom is 0.387 e. The number of nitrogens with zero attached hydrogens (tertiary/aromatic N) is 2. The smallest absolute Gasteiger partial charge is 0.387 e. The van der Waals surface area contributed by atoms with Gasteiger partial charge in [-0.1, -0.05) is 29.3 Å². The van der Waals surface area contributed by atoms with E-state index in [0.29, 0.717) is 22.4 Å². The van der Waals surface area contributed by atoms with Crippen LogP contribution in [0.1, 0.15) is 16.7 Å². The highest BCUT2D eigenvalue weighted by Gasteiger charge is 2.14. The zero-order valence-corrected chi connectivity index (χ0v) is 17.4. The lowest BCUT2D eigenvalue weighted by atomic mass is 10.1. The van der Waals surface area contributed by atoms with Crippen molar-refractivity contribution in [2.45, 2.75) is 27.0 Å². The number of halogens is 5. The van der Waals surface area contributed by atoms with Crippen LogP contribution in [0, 0.1) is 19.7 Å². The molecule has 0 aliphatic carbocycles. The molecule has 1 aromatic heterocycles. The Kier molecular flexibility index (Phi) is 6.58. The van der Waals surface area contributed by atoms with Crippen LogP contribution in [0.25, 0.3) is 0 Å². The molecular weight excluding hydrogens is 442 g/mol.